The second kappa shape index (κ2) is 4.10. The number of aromatic carboxylic acids is 1. The molecule has 0 aliphatic rings. The maximum atomic E-state index is 11.0. The first kappa shape index (κ1) is 11.5. The number of nitrogens with zero attached hydrogens (tertiary/aromatic N) is 2. The Balaban J connectivity index is 2.62. The van der Waals surface area contributed by atoms with Crippen molar-refractivity contribution in [2.45, 2.75) is 6.92 Å². The van der Waals surface area contributed by atoms with E-state index in [9.17, 15) is 4.79 Å². The average Bonchev–Trinajstić information content (AvgIpc) is 2.54. The van der Waals surface area contributed by atoms with Gasteiger partial charge in [-0.2, -0.15) is 5.10 Å². The largest absolute Gasteiger partial charge is 0.477 e. The zero-order chi connectivity index (χ0) is 12.6. The Morgan fingerprint density at radius 1 is 1.53 bits per heavy atom. The van der Waals surface area contributed by atoms with Gasteiger partial charge in [-0.3, -0.25) is 0 Å². The van der Waals surface area contributed by atoms with Crippen LogP contribution in [-0.4, -0.2) is 20.9 Å². The molecule has 2 aromatic rings. The van der Waals surface area contributed by atoms with Gasteiger partial charge in [-0.15, -0.1) is 0 Å². The van der Waals surface area contributed by atoms with Gasteiger partial charge in [-0.1, -0.05) is 17.7 Å². The molecule has 5 nitrogen and oxygen atoms in total. The summed E-state index contributed by atoms with van der Waals surface area (Å²) in [5.41, 5.74) is 6.78. The Morgan fingerprint density at radius 3 is 2.76 bits per heavy atom. The first-order valence-corrected chi connectivity index (χ1v) is 5.23. The van der Waals surface area contributed by atoms with E-state index in [1.54, 1.807) is 31.2 Å². The molecule has 0 unspecified atom stereocenters. The van der Waals surface area contributed by atoms with E-state index >= 15 is 0 Å². The fourth-order valence-electron chi connectivity index (χ4n) is 1.61. The molecule has 1 aromatic carbocycles. The summed E-state index contributed by atoms with van der Waals surface area (Å²) in [7, 11) is 0. The molecule has 0 saturated heterocycles. The SMILES string of the molecule is Cc1nn(-c2cccc(Cl)c2)c(N)c1C(=O)O. The van der Waals surface area contributed by atoms with E-state index in [0.29, 0.717) is 16.4 Å². The molecule has 0 aliphatic carbocycles. The first-order valence-electron chi connectivity index (χ1n) is 4.85. The minimum Gasteiger partial charge on any atom is -0.477 e. The van der Waals surface area contributed by atoms with Gasteiger partial charge in [0.1, 0.15) is 11.4 Å². The highest BCUT2D eigenvalue weighted by atomic mass is 35.5. The summed E-state index contributed by atoms with van der Waals surface area (Å²) < 4.78 is 1.37. The van der Waals surface area contributed by atoms with Crippen LogP contribution < -0.4 is 5.73 Å². The molecule has 6 heteroatoms. The first-order chi connectivity index (χ1) is 8.00. The molecular formula is C11H10ClN3O2. The number of hydrogen-bond acceptors (Lipinski definition) is 3. The maximum absolute atomic E-state index is 11.0. The average molecular weight is 252 g/mol. The Hall–Kier alpha value is -2.01. The molecule has 1 heterocycles. The number of aryl methyl sites for hydroxylation is 1. The van der Waals surface area contributed by atoms with Gasteiger partial charge in [0.15, 0.2) is 0 Å². The van der Waals surface area contributed by atoms with Crippen molar-refractivity contribution in [2.24, 2.45) is 0 Å². The number of hydrogen-bond donors (Lipinski definition) is 2. The lowest BCUT2D eigenvalue weighted by atomic mass is 10.2. The molecule has 0 fully saturated rings. The van der Waals surface area contributed by atoms with Crippen molar-refractivity contribution >= 4 is 23.4 Å². The number of rotatable bonds is 2. The van der Waals surface area contributed by atoms with Crippen molar-refractivity contribution in [1.29, 1.82) is 0 Å². The molecule has 0 atom stereocenters. The fraction of sp³-hybridized carbons (Fsp3) is 0.0909. The number of anilines is 1. The normalized spacial score (nSPS) is 10.5. The van der Waals surface area contributed by atoms with Gasteiger partial charge in [0.2, 0.25) is 0 Å². The third-order valence-corrected chi connectivity index (χ3v) is 2.60. The number of benzene rings is 1. The second-order valence-electron chi connectivity index (χ2n) is 3.54. The van der Waals surface area contributed by atoms with Crippen LogP contribution in [0.1, 0.15) is 16.1 Å². The van der Waals surface area contributed by atoms with Crippen LogP contribution in [0.25, 0.3) is 5.69 Å². The highest BCUT2D eigenvalue weighted by Crippen LogP contribution is 2.22. The topological polar surface area (TPSA) is 81.1 Å². The summed E-state index contributed by atoms with van der Waals surface area (Å²) in [6.07, 6.45) is 0. The number of carbonyl (C=O) groups is 1. The van der Waals surface area contributed by atoms with Crippen LogP contribution in [0.4, 0.5) is 5.82 Å². The van der Waals surface area contributed by atoms with E-state index in [4.69, 9.17) is 22.4 Å². The molecule has 0 amide bonds. The van der Waals surface area contributed by atoms with Gasteiger partial charge in [0.25, 0.3) is 0 Å². The van der Waals surface area contributed by atoms with Crippen molar-refractivity contribution in [2.75, 3.05) is 5.73 Å². The predicted octanol–water partition coefficient (Wildman–Crippen LogP) is 2.11. The Kier molecular flexibility index (Phi) is 2.77. The smallest absolute Gasteiger partial charge is 0.341 e. The maximum Gasteiger partial charge on any atom is 0.341 e. The van der Waals surface area contributed by atoms with Crippen molar-refractivity contribution in [3.8, 4) is 5.69 Å². The Bertz CT molecular complexity index is 592. The summed E-state index contributed by atoms with van der Waals surface area (Å²) in [5, 5.41) is 13.6. The van der Waals surface area contributed by atoms with E-state index in [1.807, 2.05) is 0 Å². The van der Waals surface area contributed by atoms with Gasteiger partial charge in [-0.05, 0) is 25.1 Å². The second-order valence-corrected chi connectivity index (χ2v) is 3.98. The standard InChI is InChI=1S/C11H10ClN3O2/c1-6-9(11(16)17)10(13)15(14-6)8-4-2-3-7(12)5-8/h2-5H,13H2,1H3,(H,16,17). The quantitative estimate of drug-likeness (QED) is 0.857. The lowest BCUT2D eigenvalue weighted by Gasteiger charge is -2.04. The van der Waals surface area contributed by atoms with Gasteiger partial charge in [0.05, 0.1) is 11.4 Å². The molecule has 0 radical (unpaired) electrons. The highest BCUT2D eigenvalue weighted by molar-refractivity contribution is 6.30. The minimum atomic E-state index is -1.09. The van der Waals surface area contributed by atoms with E-state index < -0.39 is 5.97 Å². The van der Waals surface area contributed by atoms with Gasteiger partial charge in [0, 0.05) is 5.02 Å². The van der Waals surface area contributed by atoms with Crippen LogP contribution in [-0.2, 0) is 0 Å². The Morgan fingerprint density at radius 2 is 2.24 bits per heavy atom. The third-order valence-electron chi connectivity index (χ3n) is 2.36. The summed E-state index contributed by atoms with van der Waals surface area (Å²) in [6, 6.07) is 6.88. The van der Waals surface area contributed by atoms with Crippen LogP contribution >= 0.6 is 11.6 Å². The lowest BCUT2D eigenvalue weighted by molar-refractivity contribution is 0.0697. The molecule has 17 heavy (non-hydrogen) atoms. The third kappa shape index (κ3) is 1.97. The zero-order valence-electron chi connectivity index (χ0n) is 9.01. The van der Waals surface area contributed by atoms with Crippen molar-refractivity contribution in [1.82, 2.24) is 9.78 Å². The van der Waals surface area contributed by atoms with Crippen molar-refractivity contribution < 1.29 is 9.90 Å². The van der Waals surface area contributed by atoms with Crippen LogP contribution in [0.5, 0.6) is 0 Å². The molecule has 88 valence electrons. The summed E-state index contributed by atoms with van der Waals surface area (Å²) in [5.74, 6) is -0.995. The summed E-state index contributed by atoms with van der Waals surface area (Å²) in [4.78, 5) is 11.0. The van der Waals surface area contributed by atoms with Crippen LogP contribution in [0, 0.1) is 6.92 Å². The van der Waals surface area contributed by atoms with Crippen molar-refractivity contribution in [3.63, 3.8) is 0 Å². The van der Waals surface area contributed by atoms with Gasteiger partial charge >= 0.3 is 5.97 Å². The van der Waals surface area contributed by atoms with Crippen LogP contribution in [0.15, 0.2) is 24.3 Å². The number of halogens is 1. The summed E-state index contributed by atoms with van der Waals surface area (Å²) >= 11 is 5.86. The van der Waals surface area contributed by atoms with E-state index in [2.05, 4.69) is 5.10 Å². The summed E-state index contributed by atoms with van der Waals surface area (Å²) in [6.45, 7) is 1.60. The van der Waals surface area contributed by atoms with Crippen LogP contribution in [0.3, 0.4) is 0 Å². The van der Waals surface area contributed by atoms with Gasteiger partial charge in [-0.25, -0.2) is 9.48 Å². The lowest BCUT2D eigenvalue weighted by Crippen LogP contribution is -2.05. The number of carboxylic acid groups (broad SMARTS) is 1. The molecular weight excluding hydrogens is 242 g/mol. The highest BCUT2D eigenvalue weighted by Gasteiger charge is 2.19. The molecule has 1 aromatic heterocycles. The van der Waals surface area contributed by atoms with E-state index in [-0.39, 0.29) is 11.4 Å². The number of aromatic nitrogens is 2. The van der Waals surface area contributed by atoms with Gasteiger partial charge < -0.3 is 10.8 Å². The van der Waals surface area contributed by atoms with E-state index in [0.717, 1.165) is 0 Å². The minimum absolute atomic E-state index is 0.0185. The molecule has 2 rings (SSSR count). The monoisotopic (exact) mass is 251 g/mol. The van der Waals surface area contributed by atoms with Crippen molar-refractivity contribution in [3.05, 3.63) is 40.5 Å². The van der Waals surface area contributed by atoms with E-state index in [1.165, 1.54) is 4.68 Å². The predicted molar refractivity (Wildman–Crippen MR) is 64.7 cm³/mol. The molecule has 0 saturated carbocycles. The number of carboxylic acids is 1. The molecule has 0 bridgehead atoms. The number of nitrogens with two attached hydrogens (primary N) is 1. The number of nitrogen functional groups attached to an aromatic ring is 1. The molecule has 0 spiro atoms. The fourth-order valence-corrected chi connectivity index (χ4v) is 1.80. The zero-order valence-corrected chi connectivity index (χ0v) is 9.77. The molecule has 0 aliphatic heterocycles. The Labute approximate surface area is 102 Å². The van der Waals surface area contributed by atoms with Crippen LogP contribution in [0.2, 0.25) is 5.02 Å². The molecule has 3 N–H and O–H groups in total.